The molecule has 0 bridgehead atoms. The topological polar surface area (TPSA) is 89.9 Å². The highest BCUT2D eigenvalue weighted by Crippen LogP contribution is 2.32. The van der Waals surface area contributed by atoms with Crippen LogP contribution < -0.4 is 9.62 Å². The summed E-state index contributed by atoms with van der Waals surface area (Å²) in [6.45, 7) is 2.92. The Balaban J connectivity index is 1.59. The van der Waals surface area contributed by atoms with Crippen molar-refractivity contribution in [2.24, 2.45) is 0 Å². The molecule has 2 aliphatic rings. The molecule has 10 heteroatoms. The van der Waals surface area contributed by atoms with Gasteiger partial charge in [0.1, 0.15) is 16.5 Å². The second-order valence-electron chi connectivity index (χ2n) is 8.53. The van der Waals surface area contributed by atoms with Gasteiger partial charge in [0.25, 0.3) is 10.0 Å². The van der Waals surface area contributed by atoms with Gasteiger partial charge in [0.05, 0.1) is 16.9 Å². The van der Waals surface area contributed by atoms with Gasteiger partial charge in [-0.3, -0.25) is 9.62 Å². The second kappa shape index (κ2) is 9.64. The number of nitrogens with zero attached hydrogens (tertiary/aromatic N) is 2. The van der Waals surface area contributed by atoms with Crippen LogP contribution in [0.15, 0.2) is 41.3 Å². The number of carboxylic acids is 1. The third-order valence-electron chi connectivity index (χ3n) is 6.42. The standard InChI is InChI=1S/C23H27F2N3O4S/c24-17-7-8-19(25)22(15-17)33(31,32)26-20-14-16(23(29)30)6-9-21(20)28-12-10-27(11-13-28)18-4-2-1-3-5-18/h6-9,14-15,18,26H,1-5,10-13H2,(H,29,30). The molecule has 0 radical (unpaired) electrons. The summed E-state index contributed by atoms with van der Waals surface area (Å²) >= 11 is 0. The minimum Gasteiger partial charge on any atom is -0.478 e. The molecule has 0 spiro atoms. The van der Waals surface area contributed by atoms with Crippen LogP contribution in [0.3, 0.4) is 0 Å². The van der Waals surface area contributed by atoms with E-state index in [9.17, 15) is 27.1 Å². The monoisotopic (exact) mass is 479 g/mol. The Morgan fingerprint density at radius 1 is 0.970 bits per heavy atom. The van der Waals surface area contributed by atoms with Crippen molar-refractivity contribution in [2.45, 2.75) is 43.0 Å². The van der Waals surface area contributed by atoms with Crippen molar-refractivity contribution >= 4 is 27.4 Å². The van der Waals surface area contributed by atoms with Crippen LogP contribution in [-0.4, -0.2) is 56.6 Å². The first-order valence-corrected chi connectivity index (χ1v) is 12.6. The molecule has 0 aromatic heterocycles. The highest BCUT2D eigenvalue weighted by Gasteiger charge is 2.28. The first-order chi connectivity index (χ1) is 15.7. The van der Waals surface area contributed by atoms with Crippen LogP contribution in [0.1, 0.15) is 42.5 Å². The summed E-state index contributed by atoms with van der Waals surface area (Å²) in [6.07, 6.45) is 6.14. The Hall–Kier alpha value is -2.72. The van der Waals surface area contributed by atoms with Crippen LogP contribution in [-0.2, 0) is 10.0 Å². The second-order valence-corrected chi connectivity index (χ2v) is 10.2. The van der Waals surface area contributed by atoms with E-state index in [0.29, 0.717) is 30.9 Å². The number of rotatable bonds is 6. The molecule has 1 heterocycles. The van der Waals surface area contributed by atoms with E-state index in [1.54, 1.807) is 6.07 Å². The molecule has 0 unspecified atom stereocenters. The number of hydrogen-bond acceptors (Lipinski definition) is 5. The van der Waals surface area contributed by atoms with Crippen molar-refractivity contribution in [2.75, 3.05) is 35.8 Å². The van der Waals surface area contributed by atoms with Gasteiger partial charge in [0.2, 0.25) is 0 Å². The zero-order chi connectivity index (χ0) is 23.6. The average molecular weight is 480 g/mol. The van der Waals surface area contributed by atoms with E-state index in [1.807, 2.05) is 4.90 Å². The maximum absolute atomic E-state index is 14.2. The molecule has 33 heavy (non-hydrogen) atoms. The molecule has 2 aromatic carbocycles. The van der Waals surface area contributed by atoms with Crippen LogP contribution in [0, 0.1) is 11.6 Å². The fourth-order valence-electron chi connectivity index (χ4n) is 4.68. The number of carboxylic acid groups (broad SMARTS) is 1. The average Bonchev–Trinajstić information content (AvgIpc) is 2.81. The molecule has 0 amide bonds. The van der Waals surface area contributed by atoms with Crippen molar-refractivity contribution in [1.29, 1.82) is 0 Å². The van der Waals surface area contributed by atoms with Gasteiger partial charge in [0.15, 0.2) is 0 Å². The predicted molar refractivity (Wildman–Crippen MR) is 121 cm³/mol. The van der Waals surface area contributed by atoms with E-state index in [1.165, 1.54) is 44.2 Å². The molecule has 2 N–H and O–H groups in total. The number of carbonyl (C=O) groups is 1. The summed E-state index contributed by atoms with van der Waals surface area (Å²) < 4.78 is 55.8. The number of benzene rings is 2. The van der Waals surface area contributed by atoms with Gasteiger partial charge in [-0.1, -0.05) is 19.3 Å². The smallest absolute Gasteiger partial charge is 0.335 e. The van der Waals surface area contributed by atoms with Crippen molar-refractivity contribution in [1.82, 2.24) is 4.90 Å². The van der Waals surface area contributed by atoms with Crippen molar-refractivity contribution in [3.05, 3.63) is 53.6 Å². The van der Waals surface area contributed by atoms with E-state index in [4.69, 9.17) is 0 Å². The fraction of sp³-hybridized carbons (Fsp3) is 0.435. The molecule has 4 rings (SSSR count). The Morgan fingerprint density at radius 3 is 2.33 bits per heavy atom. The number of aromatic carboxylic acids is 1. The van der Waals surface area contributed by atoms with Crippen LogP contribution in [0.25, 0.3) is 0 Å². The first-order valence-electron chi connectivity index (χ1n) is 11.1. The van der Waals surface area contributed by atoms with Crippen LogP contribution >= 0.6 is 0 Å². The van der Waals surface area contributed by atoms with Gasteiger partial charge in [-0.25, -0.2) is 22.0 Å². The summed E-state index contributed by atoms with van der Waals surface area (Å²) in [7, 11) is -4.49. The zero-order valence-electron chi connectivity index (χ0n) is 18.1. The molecule has 7 nitrogen and oxygen atoms in total. The lowest BCUT2D eigenvalue weighted by Gasteiger charge is -2.42. The van der Waals surface area contributed by atoms with Gasteiger partial charge < -0.3 is 10.0 Å². The minimum atomic E-state index is -4.49. The van der Waals surface area contributed by atoms with Crippen LogP contribution in [0.2, 0.25) is 0 Å². The van der Waals surface area contributed by atoms with Gasteiger partial charge in [-0.15, -0.1) is 0 Å². The zero-order valence-corrected chi connectivity index (χ0v) is 19.0. The maximum Gasteiger partial charge on any atom is 0.335 e. The van der Waals surface area contributed by atoms with Gasteiger partial charge in [-0.2, -0.15) is 0 Å². The molecular formula is C23H27F2N3O4S. The van der Waals surface area contributed by atoms with Gasteiger partial charge in [0, 0.05) is 32.2 Å². The number of anilines is 2. The van der Waals surface area contributed by atoms with E-state index < -0.39 is 32.5 Å². The first kappa shape index (κ1) is 23.4. The quantitative estimate of drug-likeness (QED) is 0.653. The number of piperazine rings is 1. The molecule has 1 saturated heterocycles. The van der Waals surface area contributed by atoms with Crippen LogP contribution in [0.5, 0.6) is 0 Å². The predicted octanol–water partition coefficient (Wildman–Crippen LogP) is 3.92. The Bertz CT molecular complexity index is 1130. The van der Waals surface area contributed by atoms with Crippen LogP contribution in [0.4, 0.5) is 20.2 Å². The molecule has 2 aromatic rings. The van der Waals surface area contributed by atoms with E-state index >= 15 is 0 Å². The summed E-state index contributed by atoms with van der Waals surface area (Å²) in [4.78, 5) is 15.1. The van der Waals surface area contributed by atoms with E-state index in [-0.39, 0.29) is 11.3 Å². The van der Waals surface area contributed by atoms with Crippen molar-refractivity contribution < 1.29 is 27.1 Å². The number of sulfonamides is 1. The molecular weight excluding hydrogens is 452 g/mol. The third kappa shape index (κ3) is 5.27. The normalized spacial score (nSPS) is 18.3. The van der Waals surface area contributed by atoms with Gasteiger partial charge in [-0.05, 0) is 49.2 Å². The lowest BCUT2D eigenvalue weighted by molar-refractivity contribution is 0.0697. The molecule has 0 atom stereocenters. The summed E-state index contributed by atoms with van der Waals surface area (Å²) in [5, 5.41) is 9.38. The maximum atomic E-state index is 14.2. The number of nitrogens with one attached hydrogen (secondary N) is 1. The van der Waals surface area contributed by atoms with Crippen molar-refractivity contribution in [3.8, 4) is 0 Å². The van der Waals surface area contributed by atoms with E-state index in [2.05, 4.69) is 9.62 Å². The molecule has 1 aliphatic carbocycles. The Kier molecular flexibility index (Phi) is 6.85. The SMILES string of the molecule is O=C(O)c1ccc(N2CCN(C3CCCCC3)CC2)c(NS(=O)(=O)c2cc(F)ccc2F)c1. The summed E-state index contributed by atoms with van der Waals surface area (Å²) in [6, 6.07) is 6.91. The van der Waals surface area contributed by atoms with Gasteiger partial charge >= 0.3 is 5.97 Å². The number of halogens is 2. The Morgan fingerprint density at radius 2 is 1.67 bits per heavy atom. The lowest BCUT2D eigenvalue weighted by Crippen LogP contribution is -2.51. The number of hydrogen-bond donors (Lipinski definition) is 2. The molecule has 1 aliphatic heterocycles. The lowest BCUT2D eigenvalue weighted by atomic mass is 9.94. The largest absolute Gasteiger partial charge is 0.478 e. The fourth-order valence-corrected chi connectivity index (χ4v) is 5.84. The molecule has 1 saturated carbocycles. The summed E-state index contributed by atoms with van der Waals surface area (Å²) in [5.74, 6) is -3.21. The summed E-state index contributed by atoms with van der Waals surface area (Å²) in [5.41, 5.74) is 0.408. The van der Waals surface area contributed by atoms with Crippen molar-refractivity contribution in [3.63, 3.8) is 0 Å². The Labute approximate surface area is 192 Å². The molecule has 178 valence electrons. The van der Waals surface area contributed by atoms with E-state index in [0.717, 1.165) is 25.2 Å². The molecule has 2 fully saturated rings. The minimum absolute atomic E-state index is 0.0182. The highest BCUT2D eigenvalue weighted by molar-refractivity contribution is 7.92. The third-order valence-corrected chi connectivity index (χ3v) is 7.80. The highest BCUT2D eigenvalue weighted by atomic mass is 32.2.